The van der Waals surface area contributed by atoms with E-state index in [2.05, 4.69) is 12.1 Å². The second-order valence-electron chi connectivity index (χ2n) is 8.67. The predicted molar refractivity (Wildman–Crippen MR) is 116 cm³/mol. The number of rotatable bonds is 5. The average Bonchev–Trinajstić information content (AvgIpc) is 2.69. The Labute approximate surface area is 179 Å². The van der Waals surface area contributed by atoms with Gasteiger partial charge in [-0.2, -0.15) is 9.57 Å². The van der Waals surface area contributed by atoms with Crippen LogP contribution < -0.4 is 0 Å². The lowest BCUT2D eigenvalue weighted by atomic mass is 9.75. The Morgan fingerprint density at radius 1 is 1.17 bits per heavy atom. The highest BCUT2D eigenvalue weighted by molar-refractivity contribution is 7.89. The van der Waals surface area contributed by atoms with E-state index in [1.165, 1.54) is 0 Å². The zero-order valence-electron chi connectivity index (χ0n) is 17.5. The van der Waals surface area contributed by atoms with Crippen molar-refractivity contribution >= 4 is 10.0 Å². The second-order valence-corrected chi connectivity index (χ2v) is 10.7. The topological polar surface area (TPSA) is 70.4 Å². The maximum absolute atomic E-state index is 13.5. The first-order chi connectivity index (χ1) is 14.4. The van der Waals surface area contributed by atoms with E-state index in [1.807, 2.05) is 56.3 Å². The number of sulfonamides is 1. The lowest BCUT2D eigenvalue weighted by Gasteiger charge is -2.41. The molecule has 2 aliphatic rings. The molecule has 6 heteroatoms. The third-order valence-corrected chi connectivity index (χ3v) is 9.02. The second kappa shape index (κ2) is 8.14. The minimum Gasteiger partial charge on any atom is -0.379 e. The van der Waals surface area contributed by atoms with Gasteiger partial charge in [0.05, 0.1) is 24.7 Å². The van der Waals surface area contributed by atoms with E-state index in [9.17, 15) is 13.7 Å². The summed E-state index contributed by atoms with van der Waals surface area (Å²) in [5.41, 5.74) is 3.82. The molecular weight excluding hydrogens is 396 g/mol. The largest absolute Gasteiger partial charge is 0.379 e. The molecular formula is C24H28N2O3S. The summed E-state index contributed by atoms with van der Waals surface area (Å²) in [4.78, 5) is 0. The molecule has 2 saturated heterocycles. The lowest BCUT2D eigenvalue weighted by molar-refractivity contribution is -0.0577. The molecule has 0 N–H and O–H groups in total. The van der Waals surface area contributed by atoms with Gasteiger partial charge in [0.15, 0.2) is 0 Å². The van der Waals surface area contributed by atoms with Gasteiger partial charge < -0.3 is 4.74 Å². The Balaban J connectivity index is 1.60. The summed E-state index contributed by atoms with van der Waals surface area (Å²) in [6, 6.07) is 17.9. The first-order valence-corrected chi connectivity index (χ1v) is 12.0. The van der Waals surface area contributed by atoms with Crippen LogP contribution in [0.25, 0.3) is 0 Å². The number of ether oxygens (including phenoxy) is 1. The Hall–Kier alpha value is -2.20. The van der Waals surface area contributed by atoms with E-state index >= 15 is 0 Å². The van der Waals surface area contributed by atoms with E-state index in [0.29, 0.717) is 32.6 Å². The van der Waals surface area contributed by atoms with Crippen LogP contribution in [0.2, 0.25) is 0 Å². The van der Waals surface area contributed by atoms with Crippen molar-refractivity contribution in [2.24, 2.45) is 0 Å². The summed E-state index contributed by atoms with van der Waals surface area (Å²) in [6.45, 7) is 5.52. The zero-order valence-corrected chi connectivity index (χ0v) is 18.4. The highest BCUT2D eigenvalue weighted by Gasteiger charge is 2.42. The predicted octanol–water partition coefficient (Wildman–Crippen LogP) is 4.23. The van der Waals surface area contributed by atoms with Crippen LogP contribution in [-0.2, 0) is 26.7 Å². The van der Waals surface area contributed by atoms with E-state index in [0.717, 1.165) is 28.7 Å². The minimum atomic E-state index is -3.45. The third-order valence-electron chi connectivity index (χ3n) is 6.65. The normalized spacial score (nSPS) is 25.2. The van der Waals surface area contributed by atoms with Crippen molar-refractivity contribution in [3.63, 3.8) is 0 Å². The van der Waals surface area contributed by atoms with Crippen LogP contribution in [0.5, 0.6) is 0 Å². The van der Waals surface area contributed by atoms with E-state index in [1.54, 1.807) is 4.31 Å². The van der Waals surface area contributed by atoms with Crippen LogP contribution in [0.1, 0.15) is 53.7 Å². The summed E-state index contributed by atoms with van der Waals surface area (Å²) in [5, 5.41) is 8.71. The molecule has 0 saturated carbocycles. The molecule has 0 bridgehead atoms. The Morgan fingerprint density at radius 2 is 1.90 bits per heavy atom. The van der Waals surface area contributed by atoms with Crippen LogP contribution in [0, 0.1) is 18.3 Å². The third kappa shape index (κ3) is 3.66. The molecule has 2 fully saturated rings. The van der Waals surface area contributed by atoms with Crippen molar-refractivity contribution in [2.75, 3.05) is 13.2 Å². The van der Waals surface area contributed by atoms with Crippen molar-refractivity contribution in [1.82, 2.24) is 4.31 Å². The molecule has 2 unspecified atom stereocenters. The number of aryl methyl sites for hydroxylation is 1. The molecule has 0 spiro atoms. The fourth-order valence-electron chi connectivity index (χ4n) is 4.59. The number of hydrogen-bond acceptors (Lipinski definition) is 4. The lowest BCUT2D eigenvalue weighted by Crippen LogP contribution is -2.46. The summed E-state index contributed by atoms with van der Waals surface area (Å²) in [5.74, 6) is 0. The van der Waals surface area contributed by atoms with Gasteiger partial charge in [-0.25, -0.2) is 8.42 Å². The van der Waals surface area contributed by atoms with Crippen LogP contribution >= 0.6 is 0 Å². The monoisotopic (exact) mass is 424 g/mol. The van der Waals surface area contributed by atoms with Crippen molar-refractivity contribution in [2.45, 2.75) is 56.4 Å². The number of benzene rings is 2. The maximum atomic E-state index is 13.5. The van der Waals surface area contributed by atoms with E-state index < -0.39 is 15.3 Å². The van der Waals surface area contributed by atoms with Gasteiger partial charge >= 0.3 is 0 Å². The smallest absolute Gasteiger partial charge is 0.221 e. The first kappa shape index (κ1) is 21.0. The minimum absolute atomic E-state index is 0.0287. The molecule has 158 valence electrons. The Kier molecular flexibility index (Phi) is 5.71. The Morgan fingerprint density at radius 3 is 2.50 bits per heavy atom. The van der Waals surface area contributed by atoms with Gasteiger partial charge in [-0.3, -0.25) is 0 Å². The van der Waals surface area contributed by atoms with Crippen LogP contribution in [0.4, 0.5) is 0 Å². The molecule has 0 aromatic heterocycles. The molecule has 2 aromatic carbocycles. The van der Waals surface area contributed by atoms with Crippen molar-refractivity contribution in [3.05, 3.63) is 70.8 Å². The molecule has 2 aromatic rings. The van der Waals surface area contributed by atoms with Crippen molar-refractivity contribution in [1.29, 1.82) is 5.26 Å². The van der Waals surface area contributed by atoms with Gasteiger partial charge in [0.1, 0.15) is 5.25 Å². The van der Waals surface area contributed by atoms with Crippen molar-refractivity contribution < 1.29 is 13.2 Å². The van der Waals surface area contributed by atoms with Gasteiger partial charge in [0.2, 0.25) is 10.0 Å². The standard InChI is InChI=1S/C24H28N2O3S/c1-18-14-22(24(12-13-25)16-29-17-24)10-9-21(18)15-26-19(2)8-11-23(30(26,27)28)20-6-4-3-5-7-20/h3-7,9-10,14,19,23H,8,11-12,15-17H2,1-2H3. The molecule has 2 heterocycles. The van der Waals surface area contributed by atoms with E-state index in [-0.39, 0.29) is 11.5 Å². The quantitative estimate of drug-likeness (QED) is 0.720. The van der Waals surface area contributed by atoms with Gasteiger partial charge in [-0.05, 0) is 48.9 Å². The van der Waals surface area contributed by atoms with Crippen LogP contribution in [0.15, 0.2) is 48.5 Å². The molecule has 2 atom stereocenters. The van der Waals surface area contributed by atoms with Gasteiger partial charge in [0, 0.05) is 19.0 Å². The molecule has 0 amide bonds. The first-order valence-electron chi connectivity index (χ1n) is 10.5. The SMILES string of the molecule is Cc1cc(C2(CC#N)COC2)ccc1CN1C(C)CCC(c2ccccc2)S1(=O)=O. The molecule has 5 nitrogen and oxygen atoms in total. The highest BCUT2D eigenvalue weighted by atomic mass is 32.2. The van der Waals surface area contributed by atoms with Crippen LogP contribution in [0.3, 0.4) is 0 Å². The molecule has 0 radical (unpaired) electrons. The fourth-order valence-corrected chi connectivity index (χ4v) is 6.78. The van der Waals surface area contributed by atoms with Gasteiger partial charge in [-0.15, -0.1) is 0 Å². The molecule has 0 aliphatic carbocycles. The highest BCUT2D eigenvalue weighted by Crippen LogP contribution is 2.39. The van der Waals surface area contributed by atoms with Crippen molar-refractivity contribution in [3.8, 4) is 6.07 Å². The number of nitriles is 1. The summed E-state index contributed by atoms with van der Waals surface area (Å²) < 4.78 is 34.0. The molecule has 4 rings (SSSR count). The average molecular weight is 425 g/mol. The fraction of sp³-hybridized carbons (Fsp3) is 0.458. The van der Waals surface area contributed by atoms with Gasteiger partial charge in [-0.1, -0.05) is 48.5 Å². The molecule has 30 heavy (non-hydrogen) atoms. The van der Waals surface area contributed by atoms with Crippen LogP contribution in [-0.4, -0.2) is 32.0 Å². The molecule has 2 aliphatic heterocycles. The summed E-state index contributed by atoms with van der Waals surface area (Å²) in [7, 11) is -3.45. The summed E-state index contributed by atoms with van der Waals surface area (Å²) >= 11 is 0. The zero-order chi connectivity index (χ0) is 21.4. The van der Waals surface area contributed by atoms with Gasteiger partial charge in [0.25, 0.3) is 0 Å². The van der Waals surface area contributed by atoms with E-state index in [4.69, 9.17) is 4.74 Å². The Bertz CT molecular complexity index is 1060. The summed E-state index contributed by atoms with van der Waals surface area (Å²) in [6.07, 6.45) is 1.93. The number of hydrogen-bond donors (Lipinski definition) is 0. The maximum Gasteiger partial charge on any atom is 0.221 e. The number of nitrogens with zero attached hydrogens (tertiary/aromatic N) is 2.